The van der Waals surface area contributed by atoms with E-state index in [9.17, 15) is 8.78 Å². The van der Waals surface area contributed by atoms with Gasteiger partial charge in [0.2, 0.25) is 0 Å². The van der Waals surface area contributed by atoms with E-state index >= 15 is 0 Å². The summed E-state index contributed by atoms with van der Waals surface area (Å²) >= 11 is 0. The van der Waals surface area contributed by atoms with Crippen LogP contribution in [0.5, 0.6) is 0 Å². The fourth-order valence-electron chi connectivity index (χ4n) is 1.21. The molecular formula is C14H20F2N2. The van der Waals surface area contributed by atoms with Crippen LogP contribution in [0.1, 0.15) is 33.3 Å². The molecule has 0 amide bonds. The van der Waals surface area contributed by atoms with E-state index in [1.165, 1.54) is 4.68 Å². The van der Waals surface area contributed by atoms with E-state index < -0.39 is 11.6 Å². The van der Waals surface area contributed by atoms with Crippen LogP contribution < -0.4 is 0 Å². The van der Waals surface area contributed by atoms with Crippen molar-refractivity contribution in [1.29, 1.82) is 0 Å². The Morgan fingerprint density at radius 1 is 1.06 bits per heavy atom. The monoisotopic (exact) mass is 254 g/mol. The molecule has 0 unspecified atom stereocenters. The standard InChI is InChI=1S/C10H8F2N2.2C2H6/c1-7-5-13-14(6-7)10-4-8(11)2-3-9(10)12;2*1-2/h2-6H,1H3;2*1-2H3. The van der Waals surface area contributed by atoms with Gasteiger partial charge < -0.3 is 0 Å². The molecule has 0 radical (unpaired) electrons. The summed E-state index contributed by atoms with van der Waals surface area (Å²) in [6.45, 7) is 9.83. The summed E-state index contributed by atoms with van der Waals surface area (Å²) in [5, 5.41) is 3.90. The Balaban J connectivity index is 0.000000659. The van der Waals surface area contributed by atoms with E-state index in [0.717, 1.165) is 23.8 Å². The Labute approximate surface area is 107 Å². The number of halogens is 2. The summed E-state index contributed by atoms with van der Waals surface area (Å²) in [7, 11) is 0. The zero-order valence-electron chi connectivity index (χ0n) is 11.5. The molecule has 0 atom stereocenters. The molecule has 0 saturated carbocycles. The number of hydrogen-bond acceptors (Lipinski definition) is 1. The Hall–Kier alpha value is -1.71. The van der Waals surface area contributed by atoms with E-state index in [4.69, 9.17) is 0 Å². The lowest BCUT2D eigenvalue weighted by Gasteiger charge is -2.02. The molecule has 18 heavy (non-hydrogen) atoms. The molecule has 0 fully saturated rings. The number of aromatic nitrogens is 2. The highest BCUT2D eigenvalue weighted by molar-refractivity contribution is 5.33. The SMILES string of the molecule is CC.CC.Cc1cnn(-c2cc(F)ccc2F)c1. The predicted molar refractivity (Wildman–Crippen MR) is 70.9 cm³/mol. The second-order valence-electron chi connectivity index (χ2n) is 3.06. The Kier molecular flexibility index (Phi) is 7.59. The Morgan fingerprint density at radius 3 is 2.17 bits per heavy atom. The topological polar surface area (TPSA) is 17.8 Å². The van der Waals surface area contributed by atoms with Crippen molar-refractivity contribution in [3.63, 3.8) is 0 Å². The summed E-state index contributed by atoms with van der Waals surface area (Å²) in [5.74, 6) is -0.968. The van der Waals surface area contributed by atoms with Crippen LogP contribution in [0.2, 0.25) is 0 Å². The van der Waals surface area contributed by atoms with Gasteiger partial charge in [-0.1, -0.05) is 27.7 Å². The van der Waals surface area contributed by atoms with Crippen LogP contribution in [0.15, 0.2) is 30.6 Å². The van der Waals surface area contributed by atoms with Gasteiger partial charge in [0.25, 0.3) is 0 Å². The first-order chi connectivity index (χ1) is 8.66. The van der Waals surface area contributed by atoms with Crippen LogP contribution in [0.25, 0.3) is 5.69 Å². The van der Waals surface area contributed by atoms with E-state index in [0.29, 0.717) is 0 Å². The molecule has 0 aliphatic carbocycles. The maximum absolute atomic E-state index is 13.2. The summed E-state index contributed by atoms with van der Waals surface area (Å²) in [4.78, 5) is 0. The lowest BCUT2D eigenvalue weighted by Crippen LogP contribution is -1.98. The number of aryl methyl sites for hydroxylation is 1. The molecule has 1 aromatic heterocycles. The molecule has 0 spiro atoms. The van der Waals surface area contributed by atoms with Gasteiger partial charge in [0.05, 0.1) is 6.20 Å². The molecule has 2 nitrogen and oxygen atoms in total. The number of benzene rings is 1. The van der Waals surface area contributed by atoms with Gasteiger partial charge in [0.15, 0.2) is 0 Å². The van der Waals surface area contributed by atoms with E-state index in [1.807, 2.05) is 34.6 Å². The Morgan fingerprint density at radius 2 is 1.67 bits per heavy atom. The van der Waals surface area contributed by atoms with Gasteiger partial charge in [-0.05, 0) is 24.6 Å². The lowest BCUT2D eigenvalue weighted by molar-refractivity contribution is 0.587. The summed E-state index contributed by atoms with van der Waals surface area (Å²) < 4.78 is 27.4. The zero-order valence-corrected chi connectivity index (χ0v) is 11.5. The lowest BCUT2D eigenvalue weighted by atomic mass is 10.3. The van der Waals surface area contributed by atoms with Crippen molar-refractivity contribution >= 4 is 0 Å². The molecule has 0 N–H and O–H groups in total. The molecule has 100 valence electrons. The average Bonchev–Trinajstić information content (AvgIpc) is 2.84. The Bertz CT molecular complexity index is 465. The van der Waals surface area contributed by atoms with Crippen molar-refractivity contribution in [2.45, 2.75) is 34.6 Å². The van der Waals surface area contributed by atoms with Gasteiger partial charge >= 0.3 is 0 Å². The molecule has 2 rings (SSSR count). The summed E-state index contributed by atoms with van der Waals surface area (Å²) in [5.41, 5.74) is 1.02. The van der Waals surface area contributed by atoms with Crippen LogP contribution in [0.3, 0.4) is 0 Å². The van der Waals surface area contributed by atoms with Crippen LogP contribution >= 0.6 is 0 Å². The summed E-state index contributed by atoms with van der Waals surface area (Å²) in [6, 6.07) is 3.28. The predicted octanol–water partition coefficient (Wildman–Crippen LogP) is 4.51. The number of hydrogen-bond donors (Lipinski definition) is 0. The first kappa shape index (κ1) is 16.3. The van der Waals surface area contributed by atoms with E-state index in [-0.39, 0.29) is 5.69 Å². The summed E-state index contributed by atoms with van der Waals surface area (Å²) in [6.07, 6.45) is 3.22. The highest BCUT2D eigenvalue weighted by atomic mass is 19.1. The fraction of sp³-hybridized carbons (Fsp3) is 0.357. The molecular weight excluding hydrogens is 234 g/mol. The quantitative estimate of drug-likeness (QED) is 0.732. The smallest absolute Gasteiger partial charge is 0.149 e. The van der Waals surface area contributed by atoms with Crippen molar-refractivity contribution < 1.29 is 8.78 Å². The first-order valence-corrected chi connectivity index (χ1v) is 6.13. The highest BCUT2D eigenvalue weighted by Gasteiger charge is 2.06. The van der Waals surface area contributed by atoms with Gasteiger partial charge in [0.1, 0.15) is 17.3 Å². The minimum Gasteiger partial charge on any atom is -0.238 e. The van der Waals surface area contributed by atoms with Gasteiger partial charge in [-0.25, -0.2) is 13.5 Å². The third-order valence-electron chi connectivity index (χ3n) is 1.87. The second-order valence-corrected chi connectivity index (χ2v) is 3.06. The van der Waals surface area contributed by atoms with E-state index in [2.05, 4.69) is 5.10 Å². The van der Waals surface area contributed by atoms with Crippen molar-refractivity contribution in [3.8, 4) is 5.69 Å². The number of rotatable bonds is 1. The van der Waals surface area contributed by atoms with Crippen molar-refractivity contribution in [2.75, 3.05) is 0 Å². The minimum atomic E-state index is -0.491. The number of nitrogens with zero attached hydrogens (tertiary/aromatic N) is 2. The first-order valence-electron chi connectivity index (χ1n) is 6.13. The van der Waals surface area contributed by atoms with Crippen molar-refractivity contribution in [1.82, 2.24) is 9.78 Å². The molecule has 0 aliphatic rings. The molecule has 1 aromatic carbocycles. The van der Waals surface area contributed by atoms with Crippen molar-refractivity contribution in [2.24, 2.45) is 0 Å². The van der Waals surface area contributed by atoms with Gasteiger partial charge in [-0.3, -0.25) is 0 Å². The molecule has 4 heteroatoms. The van der Waals surface area contributed by atoms with Crippen molar-refractivity contribution in [3.05, 3.63) is 47.8 Å². The largest absolute Gasteiger partial charge is 0.238 e. The van der Waals surface area contributed by atoms with Gasteiger partial charge in [-0.2, -0.15) is 5.10 Å². The van der Waals surface area contributed by atoms with Crippen LogP contribution in [0, 0.1) is 18.6 Å². The fourth-order valence-corrected chi connectivity index (χ4v) is 1.21. The molecule has 1 heterocycles. The molecule has 2 aromatic rings. The average molecular weight is 254 g/mol. The van der Waals surface area contributed by atoms with E-state index in [1.54, 1.807) is 12.4 Å². The van der Waals surface area contributed by atoms with Gasteiger partial charge in [0, 0.05) is 12.3 Å². The minimum absolute atomic E-state index is 0.123. The second kappa shape index (κ2) is 8.39. The van der Waals surface area contributed by atoms with Crippen LogP contribution in [0.4, 0.5) is 8.78 Å². The van der Waals surface area contributed by atoms with Crippen LogP contribution in [-0.2, 0) is 0 Å². The highest BCUT2D eigenvalue weighted by Crippen LogP contribution is 2.14. The van der Waals surface area contributed by atoms with Crippen LogP contribution in [-0.4, -0.2) is 9.78 Å². The molecule has 0 bridgehead atoms. The molecule has 0 aliphatic heterocycles. The maximum Gasteiger partial charge on any atom is 0.149 e. The third-order valence-corrected chi connectivity index (χ3v) is 1.87. The normalized spacial score (nSPS) is 8.83. The maximum atomic E-state index is 13.2. The molecule has 0 saturated heterocycles. The zero-order chi connectivity index (χ0) is 14.1. The third kappa shape index (κ3) is 4.28. The van der Waals surface area contributed by atoms with Gasteiger partial charge in [-0.15, -0.1) is 0 Å².